The molecule has 0 saturated carbocycles. The molecule has 9 nitrogen and oxygen atoms in total. The van der Waals surface area contributed by atoms with E-state index in [4.69, 9.17) is 14.2 Å². The van der Waals surface area contributed by atoms with Crippen LogP contribution >= 0.6 is 0 Å². The Morgan fingerprint density at radius 2 is 1.24 bits per heavy atom. The number of carbonyl (C=O) groups is 4. The first-order chi connectivity index (χ1) is 19.9. The summed E-state index contributed by atoms with van der Waals surface area (Å²) in [5.41, 5.74) is 5.10. The van der Waals surface area contributed by atoms with Gasteiger partial charge in [0.05, 0.1) is 13.2 Å². The van der Waals surface area contributed by atoms with Crippen LogP contribution in [0, 0.1) is 0 Å². The Balaban J connectivity index is 1.51. The van der Waals surface area contributed by atoms with E-state index in [1.54, 1.807) is 13.8 Å². The Morgan fingerprint density at radius 3 is 1.78 bits per heavy atom. The molecule has 1 aliphatic carbocycles. The van der Waals surface area contributed by atoms with E-state index in [9.17, 15) is 19.2 Å². The first kappa shape index (κ1) is 29.3. The topological polar surface area (TPSA) is 111 Å². The zero-order valence-electron chi connectivity index (χ0n) is 23.2. The predicted molar refractivity (Wildman–Crippen MR) is 152 cm³/mol. The summed E-state index contributed by atoms with van der Waals surface area (Å²) < 4.78 is 15.7. The van der Waals surface area contributed by atoms with Gasteiger partial charge in [-0.1, -0.05) is 78.9 Å². The summed E-state index contributed by atoms with van der Waals surface area (Å²) in [6.07, 6.45) is -0.667. The van der Waals surface area contributed by atoms with Gasteiger partial charge in [-0.2, -0.15) is 0 Å². The molecule has 0 spiro atoms. The third-order valence-corrected chi connectivity index (χ3v) is 6.78. The average Bonchev–Trinajstić information content (AvgIpc) is 3.29. The van der Waals surface area contributed by atoms with E-state index in [1.165, 1.54) is 0 Å². The number of benzene rings is 3. The number of esters is 2. The van der Waals surface area contributed by atoms with Crippen LogP contribution in [0.2, 0.25) is 0 Å². The second-order valence-electron chi connectivity index (χ2n) is 9.52. The summed E-state index contributed by atoms with van der Waals surface area (Å²) in [4.78, 5) is 52.4. The van der Waals surface area contributed by atoms with Gasteiger partial charge in [-0.15, -0.1) is 0 Å². The molecule has 0 radical (unpaired) electrons. The number of ether oxygens (including phenoxy) is 3. The maximum Gasteiger partial charge on any atom is 0.407 e. The van der Waals surface area contributed by atoms with Crippen molar-refractivity contribution in [1.82, 2.24) is 10.2 Å². The minimum absolute atomic E-state index is 0.0709. The fourth-order valence-corrected chi connectivity index (χ4v) is 4.99. The largest absolute Gasteiger partial charge is 0.465 e. The maximum atomic E-state index is 13.7. The number of fused-ring (bicyclic) bond motifs is 3. The van der Waals surface area contributed by atoms with Crippen LogP contribution in [0.1, 0.15) is 36.5 Å². The minimum atomic E-state index is -1.11. The van der Waals surface area contributed by atoms with Crippen molar-refractivity contribution in [1.29, 1.82) is 0 Å². The van der Waals surface area contributed by atoms with Crippen molar-refractivity contribution in [3.8, 4) is 11.1 Å². The Labute approximate surface area is 239 Å². The summed E-state index contributed by atoms with van der Waals surface area (Å²) >= 11 is 0. The number of alkyl carbamates (subject to hydrolysis) is 1. The Kier molecular flexibility index (Phi) is 10.1. The van der Waals surface area contributed by atoms with Crippen LogP contribution in [0.25, 0.3) is 11.1 Å². The number of rotatable bonds is 12. The Hall–Kier alpha value is -4.66. The lowest BCUT2D eigenvalue weighted by atomic mass is 9.98. The lowest BCUT2D eigenvalue weighted by molar-refractivity contribution is -0.154. The van der Waals surface area contributed by atoms with Gasteiger partial charge >= 0.3 is 18.0 Å². The Morgan fingerprint density at radius 1 is 0.732 bits per heavy atom. The van der Waals surface area contributed by atoms with Crippen LogP contribution in [-0.2, 0) is 35.0 Å². The lowest BCUT2D eigenvalue weighted by Gasteiger charge is -2.26. The van der Waals surface area contributed by atoms with Gasteiger partial charge in [-0.25, -0.2) is 4.79 Å². The molecule has 0 aliphatic heterocycles. The van der Waals surface area contributed by atoms with Crippen molar-refractivity contribution in [2.24, 2.45) is 0 Å². The van der Waals surface area contributed by atoms with E-state index < -0.39 is 43.1 Å². The SMILES string of the molecule is CCOC(=O)CN(CC(=O)OCC)C(=O)[C@H](Cc1ccccc1)NC(=O)OCC1c2ccccc2-c2ccccc21. The number of hydrogen-bond acceptors (Lipinski definition) is 7. The van der Waals surface area contributed by atoms with E-state index in [-0.39, 0.29) is 32.2 Å². The maximum absolute atomic E-state index is 13.7. The van der Waals surface area contributed by atoms with Gasteiger partial charge in [0.1, 0.15) is 25.7 Å². The first-order valence-electron chi connectivity index (χ1n) is 13.7. The van der Waals surface area contributed by atoms with Gasteiger partial charge in [0.25, 0.3) is 0 Å². The highest BCUT2D eigenvalue weighted by atomic mass is 16.6. The highest BCUT2D eigenvalue weighted by molar-refractivity contribution is 5.91. The molecule has 3 aromatic carbocycles. The number of amides is 2. The van der Waals surface area contributed by atoms with E-state index in [2.05, 4.69) is 5.32 Å². The summed E-state index contributed by atoms with van der Waals surface area (Å²) in [5.74, 6) is -2.14. The van der Waals surface area contributed by atoms with Crippen LogP contribution in [0.15, 0.2) is 78.9 Å². The molecular weight excluding hydrogens is 524 g/mol. The van der Waals surface area contributed by atoms with Gasteiger partial charge in [-0.05, 0) is 41.7 Å². The van der Waals surface area contributed by atoms with Crippen molar-refractivity contribution in [2.45, 2.75) is 32.2 Å². The molecule has 214 valence electrons. The molecule has 3 aromatic rings. The van der Waals surface area contributed by atoms with Crippen LogP contribution in [-0.4, -0.2) is 67.8 Å². The third-order valence-electron chi connectivity index (χ3n) is 6.78. The molecule has 4 rings (SSSR count). The van der Waals surface area contributed by atoms with Crippen LogP contribution in [0.4, 0.5) is 4.79 Å². The molecule has 9 heteroatoms. The molecular formula is C32H34N2O7. The van der Waals surface area contributed by atoms with Gasteiger partial charge < -0.3 is 24.4 Å². The minimum Gasteiger partial charge on any atom is -0.465 e. The lowest BCUT2D eigenvalue weighted by Crippen LogP contribution is -2.52. The quantitative estimate of drug-likeness (QED) is 0.263. The molecule has 1 N–H and O–H groups in total. The van der Waals surface area contributed by atoms with Crippen LogP contribution in [0.5, 0.6) is 0 Å². The van der Waals surface area contributed by atoms with E-state index in [0.717, 1.165) is 32.7 Å². The first-order valence-corrected chi connectivity index (χ1v) is 13.7. The highest BCUT2D eigenvalue weighted by Gasteiger charge is 2.32. The predicted octanol–water partition coefficient (Wildman–Crippen LogP) is 4.09. The van der Waals surface area contributed by atoms with Gasteiger partial charge in [0, 0.05) is 12.3 Å². The molecule has 1 atom stereocenters. The van der Waals surface area contributed by atoms with Crippen molar-refractivity contribution < 1.29 is 33.4 Å². The number of nitrogens with zero attached hydrogens (tertiary/aromatic N) is 1. The van der Waals surface area contributed by atoms with Crippen molar-refractivity contribution in [3.05, 3.63) is 95.6 Å². The molecule has 0 bridgehead atoms. The van der Waals surface area contributed by atoms with Crippen LogP contribution < -0.4 is 5.32 Å². The van der Waals surface area contributed by atoms with E-state index in [1.807, 2.05) is 78.9 Å². The summed E-state index contributed by atoms with van der Waals surface area (Å²) in [7, 11) is 0. The Bertz CT molecular complexity index is 1310. The molecule has 0 heterocycles. The molecule has 0 aromatic heterocycles. The molecule has 1 aliphatic rings. The van der Waals surface area contributed by atoms with E-state index >= 15 is 0 Å². The molecule has 0 fully saturated rings. The van der Waals surface area contributed by atoms with Crippen LogP contribution in [0.3, 0.4) is 0 Å². The summed E-state index contributed by atoms with van der Waals surface area (Å²) in [5, 5.41) is 2.67. The molecule has 0 unspecified atom stereocenters. The van der Waals surface area contributed by atoms with Gasteiger partial charge in [0.2, 0.25) is 5.91 Å². The zero-order chi connectivity index (χ0) is 29.2. The fourth-order valence-electron chi connectivity index (χ4n) is 4.99. The van der Waals surface area contributed by atoms with Gasteiger partial charge in [0.15, 0.2) is 0 Å². The zero-order valence-corrected chi connectivity index (χ0v) is 23.2. The smallest absolute Gasteiger partial charge is 0.407 e. The third kappa shape index (κ3) is 7.51. The van der Waals surface area contributed by atoms with E-state index in [0.29, 0.717) is 0 Å². The monoisotopic (exact) mass is 558 g/mol. The van der Waals surface area contributed by atoms with Crippen molar-refractivity contribution in [3.63, 3.8) is 0 Å². The second kappa shape index (κ2) is 14.1. The number of nitrogens with one attached hydrogen (secondary N) is 1. The second-order valence-corrected chi connectivity index (χ2v) is 9.52. The molecule has 2 amide bonds. The fraction of sp³-hybridized carbons (Fsp3) is 0.312. The highest BCUT2D eigenvalue weighted by Crippen LogP contribution is 2.44. The summed E-state index contributed by atoms with van der Waals surface area (Å²) in [6, 6.07) is 24.0. The van der Waals surface area contributed by atoms with Crippen molar-refractivity contribution >= 4 is 23.9 Å². The normalized spacial score (nSPS) is 12.4. The molecule has 41 heavy (non-hydrogen) atoms. The standard InChI is InChI=1S/C32H34N2O7/c1-3-39-29(35)19-34(20-30(36)40-4-2)31(37)28(18-22-12-6-5-7-13-22)33-32(38)41-21-27-25-16-10-8-14-23(25)24-15-9-11-17-26(24)27/h5-17,27-28H,3-4,18-21H2,1-2H3,(H,33,38)/t28-/m0/s1. The van der Waals surface area contributed by atoms with Gasteiger partial charge in [-0.3, -0.25) is 14.4 Å². The number of hydrogen-bond donors (Lipinski definition) is 1. The molecule has 0 saturated heterocycles. The van der Waals surface area contributed by atoms with Crippen molar-refractivity contribution in [2.75, 3.05) is 32.9 Å². The summed E-state index contributed by atoms with van der Waals surface area (Å²) in [6.45, 7) is 2.66. The average molecular weight is 559 g/mol. The number of carbonyl (C=O) groups excluding carboxylic acids is 4.